The van der Waals surface area contributed by atoms with Crippen LogP contribution >= 0.6 is 23.4 Å². The molecule has 0 spiro atoms. The summed E-state index contributed by atoms with van der Waals surface area (Å²) in [6.45, 7) is 2.97. The number of hydrogen-bond donors (Lipinski definition) is 0. The van der Waals surface area contributed by atoms with Crippen LogP contribution in [-0.2, 0) is 17.9 Å². The number of carbonyl (C=O) groups excluding carboxylic acids is 2. The van der Waals surface area contributed by atoms with Crippen LogP contribution in [0, 0.1) is 0 Å². The number of amides is 2. The van der Waals surface area contributed by atoms with Crippen molar-refractivity contribution >= 4 is 40.6 Å². The Morgan fingerprint density at radius 1 is 0.909 bits per heavy atom. The quantitative estimate of drug-likeness (QED) is 0.343. The maximum absolute atomic E-state index is 12.9. The van der Waals surface area contributed by atoms with Gasteiger partial charge in [-0.2, -0.15) is 0 Å². The second kappa shape index (κ2) is 10.6. The molecule has 0 N–H and O–H groups in total. The maximum Gasteiger partial charge on any atom is 0.293 e. The molecule has 1 saturated heterocycles. The van der Waals surface area contributed by atoms with Crippen molar-refractivity contribution in [2.75, 3.05) is 6.61 Å². The van der Waals surface area contributed by atoms with Crippen LogP contribution < -0.4 is 9.47 Å². The van der Waals surface area contributed by atoms with Gasteiger partial charge in [-0.1, -0.05) is 60.1 Å². The van der Waals surface area contributed by atoms with E-state index in [0.717, 1.165) is 28.5 Å². The summed E-state index contributed by atoms with van der Waals surface area (Å²) >= 11 is 6.95. The van der Waals surface area contributed by atoms with Gasteiger partial charge in [0, 0.05) is 5.02 Å². The monoisotopic (exact) mass is 479 g/mol. The standard InChI is InChI=1S/C26H22ClNO4S/c1-2-31-23-14-19(11-12-22(23)32-17-18-7-4-3-5-8-18)15-24-25(29)28(26(30)33-24)16-20-9-6-10-21(27)13-20/h3-15H,2,16-17H2,1H3/b24-15-. The highest BCUT2D eigenvalue weighted by atomic mass is 35.5. The van der Waals surface area contributed by atoms with E-state index >= 15 is 0 Å². The second-order valence-electron chi connectivity index (χ2n) is 7.31. The Morgan fingerprint density at radius 2 is 1.70 bits per heavy atom. The van der Waals surface area contributed by atoms with E-state index in [1.807, 2.05) is 61.5 Å². The molecule has 1 aliphatic heterocycles. The minimum Gasteiger partial charge on any atom is -0.490 e. The van der Waals surface area contributed by atoms with Crippen molar-refractivity contribution < 1.29 is 19.1 Å². The first-order chi connectivity index (χ1) is 16.0. The van der Waals surface area contributed by atoms with Gasteiger partial charge in [-0.15, -0.1) is 0 Å². The van der Waals surface area contributed by atoms with Gasteiger partial charge in [-0.05, 0) is 65.7 Å². The van der Waals surface area contributed by atoms with E-state index < -0.39 is 0 Å². The van der Waals surface area contributed by atoms with Crippen LogP contribution in [0.3, 0.4) is 0 Å². The second-order valence-corrected chi connectivity index (χ2v) is 8.74. The van der Waals surface area contributed by atoms with E-state index in [4.69, 9.17) is 21.1 Å². The molecule has 0 aliphatic carbocycles. The van der Waals surface area contributed by atoms with Gasteiger partial charge >= 0.3 is 0 Å². The molecular formula is C26H22ClNO4S. The van der Waals surface area contributed by atoms with Crippen molar-refractivity contribution in [2.24, 2.45) is 0 Å². The third kappa shape index (κ3) is 5.78. The predicted molar refractivity (Wildman–Crippen MR) is 131 cm³/mol. The van der Waals surface area contributed by atoms with Crippen molar-refractivity contribution in [1.82, 2.24) is 4.90 Å². The van der Waals surface area contributed by atoms with Crippen LogP contribution in [0.1, 0.15) is 23.6 Å². The first-order valence-corrected chi connectivity index (χ1v) is 11.7. The van der Waals surface area contributed by atoms with Gasteiger partial charge < -0.3 is 9.47 Å². The number of rotatable bonds is 8. The van der Waals surface area contributed by atoms with Crippen molar-refractivity contribution in [3.05, 3.63) is 99.4 Å². The number of hydrogen-bond acceptors (Lipinski definition) is 5. The molecule has 0 saturated carbocycles. The van der Waals surface area contributed by atoms with Gasteiger partial charge in [0.2, 0.25) is 0 Å². The van der Waals surface area contributed by atoms with Gasteiger partial charge in [0.25, 0.3) is 11.1 Å². The highest BCUT2D eigenvalue weighted by molar-refractivity contribution is 8.18. The molecule has 3 aromatic rings. The van der Waals surface area contributed by atoms with Crippen LogP contribution in [-0.4, -0.2) is 22.7 Å². The number of carbonyl (C=O) groups is 2. The largest absolute Gasteiger partial charge is 0.490 e. The molecule has 1 heterocycles. The fourth-order valence-electron chi connectivity index (χ4n) is 3.34. The van der Waals surface area contributed by atoms with E-state index in [1.54, 1.807) is 24.3 Å². The number of halogens is 1. The third-order valence-electron chi connectivity index (χ3n) is 4.91. The molecule has 5 nitrogen and oxygen atoms in total. The van der Waals surface area contributed by atoms with E-state index in [0.29, 0.717) is 34.6 Å². The molecule has 2 amide bonds. The normalized spacial score (nSPS) is 14.7. The molecule has 3 aromatic carbocycles. The zero-order chi connectivity index (χ0) is 23.2. The Balaban J connectivity index is 1.51. The summed E-state index contributed by atoms with van der Waals surface area (Å²) in [7, 11) is 0. The van der Waals surface area contributed by atoms with Crippen molar-refractivity contribution in [2.45, 2.75) is 20.1 Å². The molecule has 4 rings (SSSR count). The van der Waals surface area contributed by atoms with Crippen molar-refractivity contribution in [3.63, 3.8) is 0 Å². The van der Waals surface area contributed by atoms with Gasteiger partial charge in [0.05, 0.1) is 18.1 Å². The molecule has 33 heavy (non-hydrogen) atoms. The van der Waals surface area contributed by atoms with Crippen LogP contribution in [0.5, 0.6) is 11.5 Å². The van der Waals surface area contributed by atoms with Crippen LogP contribution in [0.25, 0.3) is 6.08 Å². The first kappa shape index (κ1) is 23.0. The number of thioether (sulfide) groups is 1. The summed E-state index contributed by atoms with van der Waals surface area (Å²) in [6.07, 6.45) is 1.70. The van der Waals surface area contributed by atoms with Crippen molar-refractivity contribution in [3.8, 4) is 11.5 Å². The minimum atomic E-state index is -0.327. The zero-order valence-corrected chi connectivity index (χ0v) is 19.6. The molecule has 0 bridgehead atoms. The summed E-state index contributed by atoms with van der Waals surface area (Å²) in [5.74, 6) is 0.875. The summed E-state index contributed by atoms with van der Waals surface area (Å²) < 4.78 is 11.7. The first-order valence-electron chi connectivity index (χ1n) is 10.5. The van der Waals surface area contributed by atoms with Gasteiger partial charge in [0.1, 0.15) is 6.61 Å². The molecule has 1 aliphatic rings. The minimum absolute atomic E-state index is 0.180. The topological polar surface area (TPSA) is 55.8 Å². The van der Waals surface area contributed by atoms with Gasteiger partial charge in [-0.3, -0.25) is 14.5 Å². The van der Waals surface area contributed by atoms with E-state index in [9.17, 15) is 9.59 Å². The Labute approximate surface area is 202 Å². The van der Waals surface area contributed by atoms with Crippen LogP contribution in [0.4, 0.5) is 4.79 Å². The Morgan fingerprint density at radius 3 is 2.45 bits per heavy atom. The van der Waals surface area contributed by atoms with Crippen LogP contribution in [0.2, 0.25) is 5.02 Å². The van der Waals surface area contributed by atoms with E-state index in [2.05, 4.69) is 0 Å². The summed E-state index contributed by atoms with van der Waals surface area (Å²) in [5.41, 5.74) is 2.60. The SMILES string of the molecule is CCOc1cc(/C=C2\SC(=O)N(Cc3cccc(Cl)c3)C2=O)ccc1OCc1ccccc1. The lowest BCUT2D eigenvalue weighted by atomic mass is 10.1. The molecule has 0 atom stereocenters. The molecule has 0 aromatic heterocycles. The van der Waals surface area contributed by atoms with Gasteiger partial charge in [0.15, 0.2) is 11.5 Å². The third-order valence-corrected chi connectivity index (χ3v) is 6.05. The fourth-order valence-corrected chi connectivity index (χ4v) is 4.39. The molecule has 1 fully saturated rings. The number of nitrogens with zero attached hydrogens (tertiary/aromatic N) is 1. The number of benzene rings is 3. The predicted octanol–water partition coefficient (Wildman–Crippen LogP) is 6.55. The highest BCUT2D eigenvalue weighted by Gasteiger charge is 2.35. The van der Waals surface area contributed by atoms with Crippen molar-refractivity contribution in [1.29, 1.82) is 0 Å². The molecule has 7 heteroatoms. The Hall–Kier alpha value is -3.22. The zero-order valence-electron chi connectivity index (χ0n) is 18.0. The highest BCUT2D eigenvalue weighted by Crippen LogP contribution is 2.35. The van der Waals surface area contributed by atoms with E-state index in [1.165, 1.54) is 4.90 Å². The molecule has 0 unspecified atom stereocenters. The average Bonchev–Trinajstić information content (AvgIpc) is 3.07. The van der Waals surface area contributed by atoms with E-state index in [-0.39, 0.29) is 17.7 Å². The summed E-state index contributed by atoms with van der Waals surface area (Å²) in [4.78, 5) is 26.9. The maximum atomic E-state index is 12.9. The summed E-state index contributed by atoms with van der Waals surface area (Å²) in [5, 5.41) is 0.257. The Kier molecular flexibility index (Phi) is 7.37. The summed E-state index contributed by atoms with van der Waals surface area (Å²) in [6, 6.07) is 22.5. The lowest BCUT2D eigenvalue weighted by Gasteiger charge is -2.13. The average molecular weight is 480 g/mol. The molecule has 0 radical (unpaired) electrons. The number of imide groups is 1. The fraction of sp³-hybridized carbons (Fsp3) is 0.154. The smallest absolute Gasteiger partial charge is 0.293 e. The van der Waals surface area contributed by atoms with Gasteiger partial charge in [-0.25, -0.2) is 0 Å². The lowest BCUT2D eigenvalue weighted by molar-refractivity contribution is -0.123. The molecule has 168 valence electrons. The molecular weight excluding hydrogens is 458 g/mol. The Bertz CT molecular complexity index is 1200. The lowest BCUT2D eigenvalue weighted by Crippen LogP contribution is -2.27. The van der Waals surface area contributed by atoms with Crippen LogP contribution in [0.15, 0.2) is 77.7 Å². The number of ether oxygens (including phenoxy) is 2.